The maximum Gasteiger partial charge on any atom is 0.222 e. The maximum atomic E-state index is 12.2. The second-order valence-corrected chi connectivity index (χ2v) is 5.90. The molecule has 0 heterocycles. The fraction of sp³-hybridized carbons (Fsp3) is 0.556. The smallest absolute Gasteiger partial charge is 0.222 e. The molecule has 5 nitrogen and oxygen atoms in total. The Morgan fingerprint density at radius 2 is 1.83 bits per heavy atom. The highest BCUT2D eigenvalue weighted by atomic mass is 16.2. The van der Waals surface area contributed by atoms with Gasteiger partial charge in [0, 0.05) is 19.4 Å². The Hall–Kier alpha value is -1.72. The summed E-state index contributed by atoms with van der Waals surface area (Å²) >= 11 is 0. The Bertz CT molecular complexity index is 476. The monoisotopic (exact) mass is 319 g/mol. The molecule has 0 aliphatic carbocycles. The Labute approximate surface area is 138 Å². The molecule has 0 saturated carbocycles. The zero-order chi connectivity index (χ0) is 17.1. The number of amides is 1. The average Bonchev–Trinajstić information content (AvgIpc) is 2.57. The van der Waals surface area contributed by atoms with Gasteiger partial charge in [0.25, 0.3) is 0 Å². The lowest BCUT2D eigenvalue weighted by atomic mass is 9.92. The zero-order valence-corrected chi connectivity index (χ0v) is 14.0. The number of unbranched alkanes of at least 4 members (excludes halogenated alkanes) is 1. The maximum absolute atomic E-state index is 12.2. The molecule has 128 valence electrons. The van der Waals surface area contributed by atoms with Crippen molar-refractivity contribution in [3.63, 3.8) is 0 Å². The minimum Gasteiger partial charge on any atom is -0.359 e. The van der Waals surface area contributed by atoms with Crippen LogP contribution in [-0.2, 0) is 16.0 Å². The van der Waals surface area contributed by atoms with Crippen LogP contribution in [0.1, 0.15) is 37.7 Å². The van der Waals surface area contributed by atoms with E-state index in [0.29, 0.717) is 25.8 Å². The van der Waals surface area contributed by atoms with Gasteiger partial charge in [-0.05, 0) is 37.8 Å². The summed E-state index contributed by atoms with van der Waals surface area (Å²) in [5, 5.41) is 2.67. The number of ketones is 1. The van der Waals surface area contributed by atoms with Crippen molar-refractivity contribution in [1.82, 2.24) is 5.32 Å². The average molecular weight is 319 g/mol. The van der Waals surface area contributed by atoms with Gasteiger partial charge in [-0.15, -0.1) is 0 Å². The standard InChI is InChI=1S/C18H29N3O2/c1-21-18(23)15(9-5-6-12-19)10-11-17(22)16(20)13-14-7-3-2-4-8-14/h2-4,7-8,15-16H,5-6,9-13,19-20H2,1H3,(H,21,23)/t15-,16+/m1/s1. The van der Waals surface area contributed by atoms with Crippen LogP contribution in [0.2, 0.25) is 0 Å². The largest absolute Gasteiger partial charge is 0.359 e. The summed E-state index contributed by atoms with van der Waals surface area (Å²) in [5.41, 5.74) is 12.5. The van der Waals surface area contributed by atoms with E-state index in [-0.39, 0.29) is 17.6 Å². The third kappa shape index (κ3) is 7.39. The number of Topliss-reactive ketones (excluding diaryl/α,β-unsaturated/α-hetero) is 1. The van der Waals surface area contributed by atoms with E-state index >= 15 is 0 Å². The van der Waals surface area contributed by atoms with Gasteiger partial charge in [0.15, 0.2) is 0 Å². The van der Waals surface area contributed by atoms with Crippen LogP contribution in [0.25, 0.3) is 0 Å². The molecule has 1 rings (SSSR count). The number of nitrogens with two attached hydrogens (primary N) is 2. The van der Waals surface area contributed by atoms with Crippen LogP contribution in [-0.4, -0.2) is 31.3 Å². The van der Waals surface area contributed by atoms with Crippen molar-refractivity contribution in [3.8, 4) is 0 Å². The summed E-state index contributed by atoms with van der Waals surface area (Å²) in [5.74, 6) is -0.132. The third-order valence-corrected chi connectivity index (χ3v) is 4.08. The number of carbonyl (C=O) groups excluding carboxylic acids is 2. The molecule has 0 spiro atoms. The minimum absolute atomic E-state index is 0.00791. The van der Waals surface area contributed by atoms with Crippen LogP contribution in [0.3, 0.4) is 0 Å². The molecule has 1 aromatic rings. The fourth-order valence-electron chi connectivity index (χ4n) is 2.63. The predicted octanol–water partition coefficient (Wildman–Crippen LogP) is 1.40. The molecule has 1 aromatic carbocycles. The summed E-state index contributed by atoms with van der Waals surface area (Å²) in [6, 6.07) is 9.23. The molecule has 5 N–H and O–H groups in total. The van der Waals surface area contributed by atoms with Crippen molar-refractivity contribution in [2.24, 2.45) is 17.4 Å². The van der Waals surface area contributed by atoms with E-state index in [1.54, 1.807) is 7.05 Å². The van der Waals surface area contributed by atoms with E-state index in [4.69, 9.17) is 11.5 Å². The van der Waals surface area contributed by atoms with Crippen molar-refractivity contribution in [1.29, 1.82) is 0 Å². The number of carbonyl (C=O) groups is 2. The molecule has 0 fully saturated rings. The van der Waals surface area contributed by atoms with Gasteiger partial charge >= 0.3 is 0 Å². The molecule has 0 radical (unpaired) electrons. The van der Waals surface area contributed by atoms with Gasteiger partial charge in [-0.2, -0.15) is 0 Å². The molecule has 0 aromatic heterocycles. The molecule has 23 heavy (non-hydrogen) atoms. The molecule has 0 aliphatic heterocycles. The molecular formula is C18H29N3O2. The number of rotatable bonds is 11. The molecule has 5 heteroatoms. The highest BCUT2D eigenvalue weighted by Crippen LogP contribution is 2.16. The van der Waals surface area contributed by atoms with Crippen molar-refractivity contribution in [2.75, 3.05) is 13.6 Å². The molecule has 0 bridgehead atoms. The lowest BCUT2D eigenvalue weighted by molar-refractivity contribution is -0.125. The third-order valence-electron chi connectivity index (χ3n) is 4.08. The van der Waals surface area contributed by atoms with Crippen molar-refractivity contribution in [2.45, 2.75) is 44.6 Å². The van der Waals surface area contributed by atoms with Crippen molar-refractivity contribution in [3.05, 3.63) is 35.9 Å². The number of nitrogens with one attached hydrogen (secondary N) is 1. The van der Waals surface area contributed by atoms with Gasteiger partial charge < -0.3 is 16.8 Å². The number of hydrogen-bond donors (Lipinski definition) is 3. The van der Waals surface area contributed by atoms with Gasteiger partial charge in [0.1, 0.15) is 5.78 Å². The van der Waals surface area contributed by atoms with E-state index in [9.17, 15) is 9.59 Å². The topological polar surface area (TPSA) is 98.2 Å². The van der Waals surface area contributed by atoms with Gasteiger partial charge in [-0.25, -0.2) is 0 Å². The van der Waals surface area contributed by atoms with Gasteiger partial charge in [-0.1, -0.05) is 36.8 Å². The highest BCUT2D eigenvalue weighted by Gasteiger charge is 2.20. The summed E-state index contributed by atoms with van der Waals surface area (Å²) in [6.07, 6.45) is 3.99. The first-order chi connectivity index (χ1) is 11.1. The van der Waals surface area contributed by atoms with E-state index in [2.05, 4.69) is 5.32 Å². The summed E-state index contributed by atoms with van der Waals surface area (Å²) in [4.78, 5) is 24.1. The lowest BCUT2D eigenvalue weighted by Crippen LogP contribution is -2.34. The molecular weight excluding hydrogens is 290 g/mol. The quantitative estimate of drug-likeness (QED) is 0.537. The van der Waals surface area contributed by atoms with E-state index in [0.717, 1.165) is 24.8 Å². The van der Waals surface area contributed by atoms with Crippen LogP contribution in [0.15, 0.2) is 30.3 Å². The second-order valence-electron chi connectivity index (χ2n) is 5.90. The first-order valence-corrected chi connectivity index (χ1v) is 8.32. The first kappa shape index (κ1) is 19.3. The van der Waals surface area contributed by atoms with Crippen LogP contribution < -0.4 is 16.8 Å². The molecule has 1 amide bonds. The highest BCUT2D eigenvalue weighted by molar-refractivity contribution is 5.85. The van der Waals surface area contributed by atoms with Crippen molar-refractivity contribution >= 4 is 11.7 Å². The van der Waals surface area contributed by atoms with Gasteiger partial charge in [0.2, 0.25) is 5.91 Å². The van der Waals surface area contributed by atoms with Crippen LogP contribution in [0.4, 0.5) is 0 Å². The predicted molar refractivity (Wildman–Crippen MR) is 92.8 cm³/mol. The number of hydrogen-bond acceptors (Lipinski definition) is 4. The normalized spacial score (nSPS) is 13.3. The minimum atomic E-state index is -0.508. The molecule has 0 aliphatic rings. The summed E-state index contributed by atoms with van der Waals surface area (Å²) < 4.78 is 0. The van der Waals surface area contributed by atoms with E-state index in [1.807, 2.05) is 30.3 Å². The summed E-state index contributed by atoms with van der Waals surface area (Å²) in [7, 11) is 1.63. The first-order valence-electron chi connectivity index (χ1n) is 8.32. The Kier molecular flexibility index (Phi) is 9.17. The molecule has 0 saturated heterocycles. The Balaban J connectivity index is 2.45. The lowest BCUT2D eigenvalue weighted by Gasteiger charge is -2.16. The summed E-state index contributed by atoms with van der Waals surface area (Å²) in [6.45, 7) is 0.626. The second kappa shape index (κ2) is 10.9. The van der Waals surface area contributed by atoms with Crippen LogP contribution in [0.5, 0.6) is 0 Å². The van der Waals surface area contributed by atoms with Crippen LogP contribution in [0, 0.1) is 5.92 Å². The Morgan fingerprint density at radius 3 is 2.43 bits per heavy atom. The SMILES string of the molecule is CNC(=O)[C@H](CCCCN)CCC(=O)[C@@H](N)Cc1ccccc1. The van der Waals surface area contributed by atoms with E-state index in [1.165, 1.54) is 0 Å². The van der Waals surface area contributed by atoms with Gasteiger partial charge in [0.05, 0.1) is 6.04 Å². The van der Waals surface area contributed by atoms with Gasteiger partial charge in [-0.3, -0.25) is 9.59 Å². The Morgan fingerprint density at radius 1 is 1.13 bits per heavy atom. The van der Waals surface area contributed by atoms with Crippen LogP contribution >= 0.6 is 0 Å². The van der Waals surface area contributed by atoms with Crippen molar-refractivity contribution < 1.29 is 9.59 Å². The molecule has 2 atom stereocenters. The van der Waals surface area contributed by atoms with E-state index < -0.39 is 6.04 Å². The number of benzene rings is 1. The fourth-order valence-corrected chi connectivity index (χ4v) is 2.63. The zero-order valence-electron chi connectivity index (χ0n) is 14.0. The molecule has 0 unspecified atom stereocenters.